The third-order valence-electron chi connectivity index (χ3n) is 4.66. The van der Waals surface area contributed by atoms with E-state index in [-0.39, 0.29) is 36.6 Å². The van der Waals surface area contributed by atoms with Gasteiger partial charge in [0.05, 0.1) is 19.2 Å². The number of piperidine rings is 1. The molecule has 1 heterocycles. The van der Waals surface area contributed by atoms with Crippen LogP contribution in [0.1, 0.15) is 31.4 Å². The van der Waals surface area contributed by atoms with Gasteiger partial charge >= 0.3 is 0 Å². The summed E-state index contributed by atoms with van der Waals surface area (Å²) in [5.41, 5.74) is 5.79. The molecule has 4 N–H and O–H groups in total. The number of carbonyl (C=O) groups is 2. The molecule has 1 aromatic carbocycles. The molecule has 1 saturated heterocycles. The number of hydrogen-bond acceptors (Lipinski definition) is 5. The number of amides is 2. The molecule has 0 saturated carbocycles. The molecule has 7 heteroatoms. The third-order valence-corrected chi connectivity index (χ3v) is 4.66. The van der Waals surface area contributed by atoms with Crippen molar-refractivity contribution in [2.45, 2.75) is 25.9 Å². The van der Waals surface area contributed by atoms with Crippen LogP contribution in [0.4, 0.5) is 0 Å². The summed E-state index contributed by atoms with van der Waals surface area (Å²) >= 11 is 0. The molecule has 7 nitrogen and oxygen atoms in total. The van der Waals surface area contributed by atoms with E-state index in [0.717, 1.165) is 0 Å². The Bertz CT molecular complexity index is 600. The van der Waals surface area contributed by atoms with Crippen LogP contribution >= 0.6 is 0 Å². The first kappa shape index (κ1) is 19.2. The van der Waals surface area contributed by atoms with Gasteiger partial charge in [0.1, 0.15) is 5.75 Å². The molecule has 25 heavy (non-hydrogen) atoms. The predicted molar refractivity (Wildman–Crippen MR) is 93.7 cm³/mol. The number of phenolic OH excluding ortho intramolecular Hbond substituents is 1. The highest BCUT2D eigenvalue weighted by atomic mass is 16.3. The van der Waals surface area contributed by atoms with Crippen molar-refractivity contribution in [3.05, 3.63) is 29.8 Å². The van der Waals surface area contributed by atoms with Crippen LogP contribution in [-0.2, 0) is 9.59 Å². The van der Waals surface area contributed by atoms with E-state index in [1.165, 1.54) is 6.07 Å². The highest BCUT2D eigenvalue weighted by molar-refractivity contribution is 5.79. The number of likely N-dealkylation sites (tertiary alicyclic amines) is 1. The number of hydrogen-bond donors (Lipinski definition) is 3. The summed E-state index contributed by atoms with van der Waals surface area (Å²) in [7, 11) is 0. The van der Waals surface area contributed by atoms with Crippen molar-refractivity contribution in [3.63, 3.8) is 0 Å². The van der Waals surface area contributed by atoms with E-state index < -0.39 is 6.10 Å². The second kappa shape index (κ2) is 8.82. The van der Waals surface area contributed by atoms with Crippen molar-refractivity contribution >= 4 is 11.8 Å². The number of aromatic hydroxyl groups is 1. The Morgan fingerprint density at radius 1 is 1.36 bits per heavy atom. The molecule has 1 fully saturated rings. The quantitative estimate of drug-likeness (QED) is 0.663. The van der Waals surface area contributed by atoms with Gasteiger partial charge in [0.25, 0.3) is 0 Å². The molecular weight excluding hydrogens is 322 g/mol. The summed E-state index contributed by atoms with van der Waals surface area (Å²) in [6, 6.07) is 6.44. The van der Waals surface area contributed by atoms with Gasteiger partial charge in [0, 0.05) is 12.5 Å². The van der Waals surface area contributed by atoms with Gasteiger partial charge in [-0.05, 0) is 50.6 Å². The summed E-state index contributed by atoms with van der Waals surface area (Å²) in [6.07, 6.45) is 0.529. The van der Waals surface area contributed by atoms with Crippen LogP contribution in [0.15, 0.2) is 24.3 Å². The van der Waals surface area contributed by atoms with E-state index in [4.69, 9.17) is 5.73 Å². The first-order chi connectivity index (χ1) is 11.9. The van der Waals surface area contributed by atoms with Crippen molar-refractivity contribution in [1.82, 2.24) is 9.80 Å². The zero-order valence-electron chi connectivity index (χ0n) is 14.6. The summed E-state index contributed by atoms with van der Waals surface area (Å²) in [6.45, 7) is 4.17. The Hall–Kier alpha value is -2.12. The molecule has 0 unspecified atom stereocenters. The lowest BCUT2D eigenvalue weighted by Crippen LogP contribution is -2.45. The van der Waals surface area contributed by atoms with Crippen LogP contribution in [0, 0.1) is 5.92 Å². The first-order valence-electron chi connectivity index (χ1n) is 8.67. The minimum atomic E-state index is -0.842. The molecule has 0 radical (unpaired) electrons. The van der Waals surface area contributed by atoms with E-state index in [1.807, 2.05) is 11.8 Å². The second-order valence-electron chi connectivity index (χ2n) is 6.50. The fourth-order valence-corrected chi connectivity index (χ4v) is 3.24. The number of benzene rings is 1. The number of aliphatic hydroxyl groups excluding tert-OH is 1. The zero-order valence-corrected chi connectivity index (χ0v) is 14.6. The van der Waals surface area contributed by atoms with Crippen molar-refractivity contribution < 1.29 is 19.8 Å². The zero-order chi connectivity index (χ0) is 18.4. The van der Waals surface area contributed by atoms with E-state index >= 15 is 0 Å². The van der Waals surface area contributed by atoms with Crippen LogP contribution in [-0.4, -0.2) is 64.6 Å². The lowest BCUT2D eigenvalue weighted by atomic mass is 9.95. The lowest BCUT2D eigenvalue weighted by molar-refractivity contribution is -0.138. The number of aliphatic hydroxyl groups is 1. The summed E-state index contributed by atoms with van der Waals surface area (Å²) in [5.74, 6) is -0.331. The van der Waals surface area contributed by atoms with E-state index in [9.17, 15) is 19.8 Å². The molecule has 2 amide bonds. The number of carbonyl (C=O) groups excluding carboxylic acids is 2. The normalized spacial score (nSPS) is 17.2. The number of rotatable bonds is 7. The molecule has 1 atom stereocenters. The maximum Gasteiger partial charge on any atom is 0.231 e. The highest BCUT2D eigenvalue weighted by Crippen LogP contribution is 2.23. The minimum Gasteiger partial charge on any atom is -0.508 e. The lowest BCUT2D eigenvalue weighted by Gasteiger charge is -2.34. The Kier molecular flexibility index (Phi) is 6.78. The number of primary amides is 1. The summed E-state index contributed by atoms with van der Waals surface area (Å²) in [4.78, 5) is 27.3. The molecule has 1 aliphatic heterocycles. The van der Waals surface area contributed by atoms with Gasteiger partial charge in [-0.3, -0.25) is 14.5 Å². The maximum atomic E-state index is 12.7. The molecular formula is C18H27N3O4. The van der Waals surface area contributed by atoms with Crippen LogP contribution in [0.5, 0.6) is 5.75 Å². The van der Waals surface area contributed by atoms with Crippen molar-refractivity contribution in [1.29, 1.82) is 0 Å². The number of nitrogens with two attached hydrogens (primary N) is 1. The Morgan fingerprint density at radius 3 is 2.60 bits per heavy atom. The Morgan fingerprint density at radius 2 is 2.04 bits per heavy atom. The largest absolute Gasteiger partial charge is 0.508 e. The van der Waals surface area contributed by atoms with Gasteiger partial charge in [-0.1, -0.05) is 12.1 Å². The average Bonchev–Trinajstić information content (AvgIpc) is 2.59. The molecule has 0 aliphatic carbocycles. The standard InChI is InChI=1S/C18H27N3O4/c1-2-21(11-16(23)14-4-3-5-15(22)10-14)18(25)13-6-8-20(9-7-13)12-17(19)24/h3-5,10,13,16,22-23H,2,6-9,11-12H2,1H3,(H2,19,24)/t16-/m1/s1. The second-order valence-corrected chi connectivity index (χ2v) is 6.50. The summed E-state index contributed by atoms with van der Waals surface area (Å²) < 4.78 is 0. The molecule has 1 aliphatic rings. The van der Waals surface area contributed by atoms with Gasteiger partial charge in [-0.25, -0.2) is 0 Å². The van der Waals surface area contributed by atoms with Crippen molar-refractivity contribution in [3.8, 4) is 5.75 Å². The van der Waals surface area contributed by atoms with Crippen LogP contribution in [0.2, 0.25) is 0 Å². The van der Waals surface area contributed by atoms with Gasteiger partial charge in [-0.2, -0.15) is 0 Å². The van der Waals surface area contributed by atoms with Crippen molar-refractivity contribution in [2.75, 3.05) is 32.7 Å². The Balaban J connectivity index is 1.91. The fraction of sp³-hybridized carbons (Fsp3) is 0.556. The van der Waals surface area contributed by atoms with E-state index in [2.05, 4.69) is 0 Å². The predicted octanol–water partition coefficient (Wildman–Crippen LogP) is 0.471. The number of nitrogens with zero attached hydrogens (tertiary/aromatic N) is 2. The fourth-order valence-electron chi connectivity index (χ4n) is 3.24. The van der Waals surface area contributed by atoms with Gasteiger partial charge in [0.15, 0.2) is 0 Å². The highest BCUT2D eigenvalue weighted by Gasteiger charge is 2.29. The van der Waals surface area contributed by atoms with Gasteiger partial charge in [-0.15, -0.1) is 0 Å². The topological polar surface area (TPSA) is 107 Å². The van der Waals surface area contributed by atoms with E-state index in [1.54, 1.807) is 23.1 Å². The van der Waals surface area contributed by atoms with Crippen LogP contribution < -0.4 is 5.73 Å². The van der Waals surface area contributed by atoms with Gasteiger partial charge < -0.3 is 20.8 Å². The van der Waals surface area contributed by atoms with Crippen LogP contribution in [0.25, 0.3) is 0 Å². The molecule has 0 aromatic heterocycles. The van der Waals surface area contributed by atoms with E-state index in [0.29, 0.717) is 38.0 Å². The first-order valence-corrected chi connectivity index (χ1v) is 8.67. The average molecular weight is 349 g/mol. The SMILES string of the molecule is CCN(C[C@@H](O)c1cccc(O)c1)C(=O)C1CCN(CC(N)=O)CC1. The monoisotopic (exact) mass is 349 g/mol. The molecule has 138 valence electrons. The van der Waals surface area contributed by atoms with Crippen LogP contribution in [0.3, 0.4) is 0 Å². The Labute approximate surface area is 148 Å². The summed E-state index contributed by atoms with van der Waals surface area (Å²) in [5, 5.41) is 19.9. The molecule has 1 aromatic rings. The van der Waals surface area contributed by atoms with Gasteiger partial charge in [0.2, 0.25) is 11.8 Å². The smallest absolute Gasteiger partial charge is 0.231 e. The molecule has 0 spiro atoms. The molecule has 2 rings (SSSR count). The minimum absolute atomic E-state index is 0.0282. The number of phenols is 1. The van der Waals surface area contributed by atoms with Crippen molar-refractivity contribution in [2.24, 2.45) is 11.7 Å². The third kappa shape index (κ3) is 5.44. The number of likely N-dealkylation sites (N-methyl/N-ethyl adjacent to an activating group) is 1. The molecule has 0 bridgehead atoms. The maximum absolute atomic E-state index is 12.7.